The summed E-state index contributed by atoms with van der Waals surface area (Å²) in [5, 5.41) is 9.33. The Labute approximate surface area is 150 Å². The highest BCUT2D eigenvalue weighted by Gasteiger charge is 2.46. The van der Waals surface area contributed by atoms with Crippen molar-refractivity contribution in [2.24, 2.45) is 11.8 Å². The molecule has 25 heavy (non-hydrogen) atoms. The lowest BCUT2D eigenvalue weighted by Gasteiger charge is -2.23. The van der Waals surface area contributed by atoms with E-state index in [2.05, 4.69) is 13.8 Å². The molecule has 1 aliphatic rings. The van der Waals surface area contributed by atoms with Crippen LogP contribution in [-0.4, -0.2) is 11.6 Å². The van der Waals surface area contributed by atoms with Gasteiger partial charge in [0.05, 0.1) is 12.0 Å². The van der Waals surface area contributed by atoms with E-state index in [1.807, 2.05) is 40.7 Å². The second-order valence-corrected chi connectivity index (χ2v) is 8.49. The second-order valence-electron chi connectivity index (χ2n) is 8.49. The summed E-state index contributed by atoms with van der Waals surface area (Å²) in [7, 11) is 0. The van der Waals surface area contributed by atoms with E-state index in [0.29, 0.717) is 23.0 Å². The topological polar surface area (TPSA) is 50.1 Å². The number of rotatable bonds is 4. The number of benzene rings is 1. The predicted molar refractivity (Wildman–Crippen MR) is 95.8 cm³/mol. The van der Waals surface area contributed by atoms with Crippen molar-refractivity contribution in [2.45, 2.75) is 72.3 Å². The zero-order chi connectivity index (χ0) is 19.1. The number of ether oxygens (including phenoxy) is 1. The SMILES string of the molecule is CC(C)c1c(F)c(C#N)cc(C2[C@@H](C)[C@H]2C)c1CC(=O)OC(C)(C)C. The van der Waals surface area contributed by atoms with Crippen LogP contribution in [-0.2, 0) is 16.0 Å². The van der Waals surface area contributed by atoms with Crippen LogP contribution in [0.2, 0.25) is 0 Å². The Hall–Kier alpha value is -1.89. The first-order chi connectivity index (χ1) is 11.5. The van der Waals surface area contributed by atoms with Crippen LogP contribution in [0.4, 0.5) is 4.39 Å². The summed E-state index contributed by atoms with van der Waals surface area (Å²) in [5.41, 5.74) is 1.61. The molecule has 0 N–H and O–H groups in total. The number of hydrogen-bond donors (Lipinski definition) is 0. The molecule has 0 radical (unpaired) electrons. The van der Waals surface area contributed by atoms with Gasteiger partial charge in [-0.3, -0.25) is 4.79 Å². The molecular weight excluding hydrogens is 317 g/mol. The van der Waals surface area contributed by atoms with Crippen molar-refractivity contribution in [3.8, 4) is 6.07 Å². The Morgan fingerprint density at radius 2 is 1.88 bits per heavy atom. The number of nitrogens with zero attached hydrogens (tertiary/aromatic N) is 1. The van der Waals surface area contributed by atoms with Crippen molar-refractivity contribution in [1.82, 2.24) is 0 Å². The van der Waals surface area contributed by atoms with Crippen molar-refractivity contribution in [3.63, 3.8) is 0 Å². The highest BCUT2D eigenvalue weighted by Crippen LogP contribution is 2.55. The molecule has 1 fully saturated rings. The average molecular weight is 345 g/mol. The average Bonchev–Trinajstić information content (AvgIpc) is 3.04. The van der Waals surface area contributed by atoms with E-state index < -0.39 is 11.4 Å². The normalized spacial score (nSPS) is 22.6. The number of hydrogen-bond acceptors (Lipinski definition) is 3. The molecule has 0 bridgehead atoms. The van der Waals surface area contributed by atoms with E-state index in [-0.39, 0.29) is 29.8 Å². The van der Waals surface area contributed by atoms with Crippen molar-refractivity contribution in [3.05, 3.63) is 34.1 Å². The van der Waals surface area contributed by atoms with Crippen molar-refractivity contribution in [1.29, 1.82) is 5.26 Å². The van der Waals surface area contributed by atoms with Crippen LogP contribution in [0, 0.1) is 29.0 Å². The van der Waals surface area contributed by atoms with E-state index in [4.69, 9.17) is 4.74 Å². The third-order valence-corrected chi connectivity index (χ3v) is 5.07. The fourth-order valence-electron chi connectivity index (χ4n) is 3.67. The Morgan fingerprint density at radius 3 is 2.28 bits per heavy atom. The third kappa shape index (κ3) is 4.03. The Bertz CT molecular complexity index is 717. The van der Waals surface area contributed by atoms with E-state index in [1.165, 1.54) is 0 Å². The van der Waals surface area contributed by atoms with Gasteiger partial charge < -0.3 is 4.74 Å². The molecule has 2 rings (SSSR count). The van der Waals surface area contributed by atoms with Crippen molar-refractivity contribution in [2.75, 3.05) is 0 Å². The van der Waals surface area contributed by atoms with E-state index in [1.54, 1.807) is 6.07 Å². The van der Waals surface area contributed by atoms with E-state index in [9.17, 15) is 14.4 Å². The number of carbonyl (C=O) groups is 1. The zero-order valence-electron chi connectivity index (χ0n) is 16.2. The first kappa shape index (κ1) is 19.4. The lowest BCUT2D eigenvalue weighted by Crippen LogP contribution is -2.26. The molecule has 0 saturated heterocycles. The number of esters is 1. The van der Waals surface area contributed by atoms with Crippen LogP contribution in [0.3, 0.4) is 0 Å². The maximum atomic E-state index is 14.9. The number of nitriles is 1. The lowest BCUT2D eigenvalue weighted by molar-refractivity contribution is -0.153. The molecule has 3 atom stereocenters. The van der Waals surface area contributed by atoms with Crippen LogP contribution >= 0.6 is 0 Å². The molecule has 0 aliphatic heterocycles. The standard InChI is InChI=1S/C21H28FNO2/c1-11(2)18-16(9-17(24)25-21(5,6)7)15(19-12(3)13(19)4)8-14(10-23)20(18)22/h8,11-13,19H,9H2,1-7H3/t12-,13+,19?. The van der Waals surface area contributed by atoms with Gasteiger partial charge in [-0.1, -0.05) is 27.7 Å². The van der Waals surface area contributed by atoms with Gasteiger partial charge in [-0.05, 0) is 67.2 Å². The number of carbonyl (C=O) groups excluding carboxylic acids is 1. The van der Waals surface area contributed by atoms with Gasteiger partial charge in [0, 0.05) is 0 Å². The van der Waals surface area contributed by atoms with Crippen LogP contribution in [0.15, 0.2) is 6.07 Å². The summed E-state index contributed by atoms with van der Waals surface area (Å²) < 4.78 is 20.3. The summed E-state index contributed by atoms with van der Waals surface area (Å²) in [5.74, 6) is 0.224. The Morgan fingerprint density at radius 1 is 1.32 bits per heavy atom. The minimum Gasteiger partial charge on any atom is -0.460 e. The van der Waals surface area contributed by atoms with Gasteiger partial charge >= 0.3 is 5.97 Å². The van der Waals surface area contributed by atoms with Crippen LogP contribution in [0.5, 0.6) is 0 Å². The molecule has 136 valence electrons. The van der Waals surface area contributed by atoms with Crippen LogP contribution in [0.1, 0.15) is 82.6 Å². The van der Waals surface area contributed by atoms with Crippen LogP contribution < -0.4 is 0 Å². The molecule has 3 nitrogen and oxygen atoms in total. The molecular formula is C21H28FNO2. The van der Waals surface area contributed by atoms with Gasteiger partial charge in [-0.25, -0.2) is 4.39 Å². The Kier molecular flexibility index (Phi) is 5.27. The summed E-state index contributed by atoms with van der Waals surface area (Å²) in [6.07, 6.45) is 0.0404. The lowest BCUT2D eigenvalue weighted by atomic mass is 9.86. The zero-order valence-corrected chi connectivity index (χ0v) is 16.2. The molecule has 1 aromatic rings. The molecule has 0 aromatic heterocycles. The fourth-order valence-corrected chi connectivity index (χ4v) is 3.67. The highest BCUT2D eigenvalue weighted by molar-refractivity contribution is 5.75. The maximum Gasteiger partial charge on any atom is 0.310 e. The van der Waals surface area contributed by atoms with Gasteiger partial charge in [-0.2, -0.15) is 5.26 Å². The molecule has 1 aromatic carbocycles. The number of halogens is 1. The highest BCUT2D eigenvalue weighted by atomic mass is 19.1. The molecule has 4 heteroatoms. The summed E-state index contributed by atoms with van der Waals surface area (Å²) >= 11 is 0. The van der Waals surface area contributed by atoms with Gasteiger partial charge in [-0.15, -0.1) is 0 Å². The molecule has 1 aliphatic carbocycles. The smallest absolute Gasteiger partial charge is 0.310 e. The molecule has 1 unspecified atom stereocenters. The predicted octanol–water partition coefficient (Wildman–Crippen LogP) is 5.07. The summed E-state index contributed by atoms with van der Waals surface area (Å²) in [4.78, 5) is 12.4. The largest absolute Gasteiger partial charge is 0.460 e. The Balaban J connectivity index is 2.56. The first-order valence-corrected chi connectivity index (χ1v) is 8.95. The third-order valence-electron chi connectivity index (χ3n) is 5.07. The van der Waals surface area contributed by atoms with E-state index >= 15 is 0 Å². The maximum absolute atomic E-state index is 14.9. The quantitative estimate of drug-likeness (QED) is 0.716. The van der Waals surface area contributed by atoms with Gasteiger partial charge in [0.1, 0.15) is 17.5 Å². The molecule has 1 saturated carbocycles. The van der Waals surface area contributed by atoms with E-state index in [0.717, 1.165) is 5.56 Å². The summed E-state index contributed by atoms with van der Waals surface area (Å²) in [6, 6.07) is 3.62. The van der Waals surface area contributed by atoms with Crippen molar-refractivity contribution >= 4 is 5.97 Å². The monoisotopic (exact) mass is 345 g/mol. The van der Waals surface area contributed by atoms with Gasteiger partial charge in [0.2, 0.25) is 0 Å². The minimum atomic E-state index is -0.583. The first-order valence-electron chi connectivity index (χ1n) is 8.95. The summed E-state index contributed by atoms with van der Waals surface area (Å²) in [6.45, 7) is 13.5. The van der Waals surface area contributed by atoms with Crippen LogP contribution in [0.25, 0.3) is 0 Å². The van der Waals surface area contributed by atoms with Gasteiger partial charge in [0.15, 0.2) is 0 Å². The molecule has 0 amide bonds. The fraction of sp³-hybridized carbons (Fsp3) is 0.619. The van der Waals surface area contributed by atoms with Crippen molar-refractivity contribution < 1.29 is 13.9 Å². The van der Waals surface area contributed by atoms with Gasteiger partial charge in [0.25, 0.3) is 0 Å². The second kappa shape index (κ2) is 6.78. The molecule has 0 heterocycles. The minimum absolute atomic E-state index is 0.0404. The molecule has 0 spiro atoms.